The fourth-order valence-corrected chi connectivity index (χ4v) is 4.29. The van der Waals surface area contributed by atoms with E-state index in [-0.39, 0.29) is 11.9 Å². The summed E-state index contributed by atoms with van der Waals surface area (Å²) in [5, 5.41) is 5.49. The van der Waals surface area contributed by atoms with Gasteiger partial charge >= 0.3 is 11.8 Å². The van der Waals surface area contributed by atoms with Gasteiger partial charge in [0.05, 0.1) is 6.04 Å². The topological polar surface area (TPSA) is 77.6 Å². The lowest BCUT2D eigenvalue weighted by Crippen LogP contribution is -2.51. The average Bonchev–Trinajstić information content (AvgIpc) is 2.91. The number of rotatable bonds is 8. The molecular weight excluding hydrogens is 445 g/mol. The third-order valence-electron chi connectivity index (χ3n) is 6.22. The molecule has 2 heterocycles. The molecule has 3 aromatic rings. The molecule has 0 saturated carbocycles. The Balaban J connectivity index is 1.31. The third kappa shape index (κ3) is 6.86. The largest absolute Gasteiger partial charge is 0.369 e. The van der Waals surface area contributed by atoms with Crippen LogP contribution in [0.1, 0.15) is 17.2 Å². The van der Waals surface area contributed by atoms with Gasteiger partial charge in [-0.25, -0.2) is 4.39 Å². The summed E-state index contributed by atoms with van der Waals surface area (Å²) in [6.45, 7) is 3.76. The summed E-state index contributed by atoms with van der Waals surface area (Å²) in [6.07, 6.45) is 4.17. The van der Waals surface area contributed by atoms with Gasteiger partial charge in [-0.15, -0.1) is 0 Å². The standard InChI is InChI=1S/C27H30FN5O2/c28-23-8-10-24(11-9-23)32-15-17-33(18-16-32)25(22-7-4-13-29-19-22)20-31-27(35)26(34)30-14-12-21-5-2-1-3-6-21/h1-11,13,19,25H,12,14-18,20H2,(H,30,34)(H,31,35). The summed E-state index contributed by atoms with van der Waals surface area (Å²) in [5.74, 6) is -1.52. The summed E-state index contributed by atoms with van der Waals surface area (Å²) >= 11 is 0. The van der Waals surface area contributed by atoms with Gasteiger partial charge in [0.15, 0.2) is 0 Å². The van der Waals surface area contributed by atoms with Gasteiger partial charge in [0, 0.05) is 57.3 Å². The third-order valence-corrected chi connectivity index (χ3v) is 6.22. The molecule has 1 aromatic heterocycles. The number of aromatic nitrogens is 1. The fraction of sp³-hybridized carbons (Fsp3) is 0.296. The highest BCUT2D eigenvalue weighted by Gasteiger charge is 2.26. The van der Waals surface area contributed by atoms with Crippen LogP contribution in [0.25, 0.3) is 0 Å². The van der Waals surface area contributed by atoms with Crippen LogP contribution in [-0.4, -0.2) is 61.0 Å². The van der Waals surface area contributed by atoms with Crippen molar-refractivity contribution in [2.75, 3.05) is 44.2 Å². The lowest BCUT2D eigenvalue weighted by molar-refractivity contribution is -0.139. The second-order valence-electron chi connectivity index (χ2n) is 8.50. The number of hydrogen-bond donors (Lipinski definition) is 2. The Morgan fingerprint density at radius 3 is 2.29 bits per heavy atom. The van der Waals surface area contributed by atoms with Crippen molar-refractivity contribution in [3.63, 3.8) is 0 Å². The quantitative estimate of drug-likeness (QED) is 0.490. The molecule has 1 unspecified atom stereocenters. The average molecular weight is 476 g/mol. The van der Waals surface area contributed by atoms with E-state index in [1.165, 1.54) is 12.1 Å². The predicted octanol–water partition coefficient (Wildman–Crippen LogP) is 2.56. The number of nitrogens with zero attached hydrogens (tertiary/aromatic N) is 3. The first-order chi connectivity index (χ1) is 17.1. The highest BCUT2D eigenvalue weighted by Crippen LogP contribution is 2.23. The van der Waals surface area contributed by atoms with Crippen molar-refractivity contribution in [2.24, 2.45) is 0 Å². The van der Waals surface area contributed by atoms with Gasteiger partial charge in [0.2, 0.25) is 0 Å². The minimum absolute atomic E-state index is 0.111. The molecule has 7 nitrogen and oxygen atoms in total. The Kier molecular flexibility index (Phi) is 8.40. The summed E-state index contributed by atoms with van der Waals surface area (Å²) in [6, 6.07) is 20.1. The first kappa shape index (κ1) is 24.3. The van der Waals surface area contributed by atoms with Crippen LogP contribution in [0.3, 0.4) is 0 Å². The van der Waals surface area contributed by atoms with Crippen LogP contribution in [0.4, 0.5) is 10.1 Å². The number of hydrogen-bond acceptors (Lipinski definition) is 5. The van der Waals surface area contributed by atoms with E-state index in [1.54, 1.807) is 24.5 Å². The second kappa shape index (κ2) is 12.1. The van der Waals surface area contributed by atoms with Crippen molar-refractivity contribution in [1.82, 2.24) is 20.5 Å². The molecule has 1 aliphatic heterocycles. The predicted molar refractivity (Wildman–Crippen MR) is 133 cm³/mol. The van der Waals surface area contributed by atoms with Crippen LogP contribution < -0.4 is 15.5 Å². The Bertz CT molecular complexity index is 1090. The van der Waals surface area contributed by atoms with E-state index in [4.69, 9.17) is 0 Å². The second-order valence-corrected chi connectivity index (χ2v) is 8.50. The Hall–Kier alpha value is -3.78. The molecule has 8 heteroatoms. The van der Waals surface area contributed by atoms with Crippen LogP contribution >= 0.6 is 0 Å². The van der Waals surface area contributed by atoms with E-state index in [1.807, 2.05) is 42.5 Å². The van der Waals surface area contributed by atoms with Gasteiger partial charge in [-0.1, -0.05) is 36.4 Å². The minimum Gasteiger partial charge on any atom is -0.369 e. The van der Waals surface area contributed by atoms with E-state index in [0.717, 1.165) is 43.0 Å². The summed E-state index contributed by atoms with van der Waals surface area (Å²) in [7, 11) is 0. The van der Waals surface area contributed by atoms with Crippen LogP contribution in [0, 0.1) is 5.82 Å². The zero-order chi connectivity index (χ0) is 24.5. The van der Waals surface area contributed by atoms with Gasteiger partial charge in [-0.2, -0.15) is 0 Å². The van der Waals surface area contributed by atoms with E-state index in [2.05, 4.69) is 25.4 Å². The molecule has 0 spiro atoms. The highest BCUT2D eigenvalue weighted by molar-refractivity contribution is 6.35. The van der Waals surface area contributed by atoms with Crippen molar-refractivity contribution in [3.05, 3.63) is 96.1 Å². The smallest absolute Gasteiger partial charge is 0.309 e. The van der Waals surface area contributed by atoms with E-state index in [9.17, 15) is 14.0 Å². The number of nitrogens with one attached hydrogen (secondary N) is 2. The summed E-state index contributed by atoms with van der Waals surface area (Å²) in [4.78, 5) is 33.5. The number of carbonyl (C=O) groups is 2. The SMILES string of the molecule is O=C(NCCc1ccccc1)C(=O)NCC(c1cccnc1)N1CCN(c2ccc(F)cc2)CC1. The minimum atomic E-state index is -0.642. The molecule has 0 bridgehead atoms. The molecule has 1 fully saturated rings. The molecule has 35 heavy (non-hydrogen) atoms. The number of halogens is 1. The zero-order valence-corrected chi connectivity index (χ0v) is 19.6. The van der Waals surface area contributed by atoms with Crippen LogP contribution in [0.15, 0.2) is 79.1 Å². The number of carbonyl (C=O) groups excluding carboxylic acids is 2. The monoisotopic (exact) mass is 475 g/mol. The zero-order valence-electron chi connectivity index (χ0n) is 19.6. The lowest BCUT2D eigenvalue weighted by atomic mass is 10.1. The van der Waals surface area contributed by atoms with Gasteiger partial charge in [0.25, 0.3) is 0 Å². The van der Waals surface area contributed by atoms with Crippen LogP contribution in [-0.2, 0) is 16.0 Å². The molecule has 1 aliphatic rings. The lowest BCUT2D eigenvalue weighted by Gasteiger charge is -2.40. The molecule has 1 saturated heterocycles. The maximum absolute atomic E-state index is 13.3. The number of amides is 2. The molecular formula is C27H30FN5O2. The first-order valence-corrected chi connectivity index (χ1v) is 11.8. The molecule has 2 amide bonds. The Morgan fingerprint density at radius 1 is 0.886 bits per heavy atom. The van der Waals surface area contributed by atoms with Crippen molar-refractivity contribution < 1.29 is 14.0 Å². The van der Waals surface area contributed by atoms with Gasteiger partial charge in [-0.3, -0.25) is 19.5 Å². The fourth-order valence-electron chi connectivity index (χ4n) is 4.29. The van der Waals surface area contributed by atoms with Gasteiger partial charge in [-0.05, 0) is 47.9 Å². The molecule has 2 aromatic carbocycles. The molecule has 2 N–H and O–H groups in total. The number of benzene rings is 2. The molecule has 1 atom stereocenters. The van der Waals surface area contributed by atoms with E-state index >= 15 is 0 Å². The van der Waals surface area contributed by atoms with E-state index in [0.29, 0.717) is 19.5 Å². The Morgan fingerprint density at radius 2 is 1.60 bits per heavy atom. The van der Waals surface area contributed by atoms with Crippen molar-refractivity contribution in [3.8, 4) is 0 Å². The molecule has 0 radical (unpaired) electrons. The highest BCUT2D eigenvalue weighted by atomic mass is 19.1. The summed E-state index contributed by atoms with van der Waals surface area (Å²) < 4.78 is 13.3. The molecule has 4 rings (SSSR count). The molecule has 182 valence electrons. The Labute approximate surface area is 205 Å². The maximum Gasteiger partial charge on any atom is 0.309 e. The van der Waals surface area contributed by atoms with E-state index < -0.39 is 11.8 Å². The van der Waals surface area contributed by atoms with Crippen LogP contribution in [0.5, 0.6) is 0 Å². The van der Waals surface area contributed by atoms with Gasteiger partial charge < -0.3 is 15.5 Å². The van der Waals surface area contributed by atoms with Gasteiger partial charge in [0.1, 0.15) is 5.82 Å². The van der Waals surface area contributed by atoms with Crippen molar-refractivity contribution in [2.45, 2.75) is 12.5 Å². The number of pyridine rings is 1. The van der Waals surface area contributed by atoms with Crippen LogP contribution in [0.2, 0.25) is 0 Å². The van der Waals surface area contributed by atoms with Crippen molar-refractivity contribution >= 4 is 17.5 Å². The molecule has 0 aliphatic carbocycles. The number of piperazine rings is 1. The normalized spacial score (nSPS) is 14.8. The maximum atomic E-state index is 13.3. The van der Waals surface area contributed by atoms with Crippen molar-refractivity contribution in [1.29, 1.82) is 0 Å². The first-order valence-electron chi connectivity index (χ1n) is 11.8. The number of anilines is 1. The summed E-state index contributed by atoms with van der Waals surface area (Å²) in [5.41, 5.74) is 3.07.